The molecule has 0 aliphatic rings. The van der Waals surface area contributed by atoms with Gasteiger partial charge in [-0.25, -0.2) is 4.98 Å². The molecule has 0 saturated carbocycles. The fraction of sp³-hybridized carbons (Fsp3) is 0.200. The normalized spacial score (nSPS) is 12.9. The van der Waals surface area contributed by atoms with E-state index in [0.717, 1.165) is 21.9 Å². The summed E-state index contributed by atoms with van der Waals surface area (Å²) in [6.07, 6.45) is 5.32. The van der Waals surface area contributed by atoms with Gasteiger partial charge in [-0.2, -0.15) is 0 Å². The van der Waals surface area contributed by atoms with Crippen LogP contribution >= 0.6 is 0 Å². The number of amides is 1. The van der Waals surface area contributed by atoms with Gasteiger partial charge in [0.15, 0.2) is 0 Å². The number of hydrogen-bond acceptors (Lipinski definition) is 7. The number of nitrogens with zero attached hydrogens (tertiary/aromatic N) is 3. The average molecular weight is 444 g/mol. The van der Waals surface area contributed by atoms with Crippen molar-refractivity contribution in [1.82, 2.24) is 20.3 Å². The molecule has 168 valence electrons. The number of phenolic OH excluding ortho intramolecular Hbond substituents is 1. The number of nitrogens with two attached hydrogens (primary N) is 1. The van der Waals surface area contributed by atoms with Crippen molar-refractivity contribution >= 4 is 22.5 Å². The molecule has 3 heterocycles. The quantitative estimate of drug-likeness (QED) is 0.360. The first kappa shape index (κ1) is 22.2. The number of aryl methyl sites for hydroxylation is 1. The lowest BCUT2D eigenvalue weighted by atomic mass is 9.98. The van der Waals surface area contributed by atoms with Crippen LogP contribution in [0.15, 0.2) is 61.1 Å². The molecule has 4 aromatic rings. The van der Waals surface area contributed by atoms with Crippen LogP contribution in [0.2, 0.25) is 0 Å². The average Bonchev–Trinajstić information content (AvgIpc) is 2.77. The molecule has 0 spiro atoms. The SMILES string of the molecule is Cc1ccncc1-c1cc2cc(CC(C)(O)CNC(=O)c3ccccc3O)ncc2c(N)n1. The van der Waals surface area contributed by atoms with Crippen molar-refractivity contribution in [2.24, 2.45) is 0 Å². The molecule has 0 saturated heterocycles. The van der Waals surface area contributed by atoms with E-state index in [1.165, 1.54) is 12.1 Å². The van der Waals surface area contributed by atoms with Crippen LogP contribution in [0.1, 0.15) is 28.5 Å². The largest absolute Gasteiger partial charge is 0.507 e. The number of carbonyl (C=O) groups is 1. The highest BCUT2D eigenvalue weighted by Gasteiger charge is 2.24. The van der Waals surface area contributed by atoms with Gasteiger partial charge in [-0.1, -0.05) is 12.1 Å². The lowest BCUT2D eigenvalue weighted by Gasteiger charge is -2.23. The van der Waals surface area contributed by atoms with Crippen LogP contribution in [-0.4, -0.2) is 43.2 Å². The lowest BCUT2D eigenvalue weighted by molar-refractivity contribution is 0.0544. The van der Waals surface area contributed by atoms with Gasteiger partial charge in [-0.15, -0.1) is 0 Å². The van der Waals surface area contributed by atoms with Crippen molar-refractivity contribution in [1.29, 1.82) is 0 Å². The van der Waals surface area contributed by atoms with Crippen LogP contribution in [0.25, 0.3) is 22.0 Å². The highest BCUT2D eigenvalue weighted by Crippen LogP contribution is 2.28. The monoisotopic (exact) mass is 443 g/mol. The van der Waals surface area contributed by atoms with Gasteiger partial charge in [0.05, 0.1) is 16.9 Å². The number of para-hydroxylation sites is 1. The summed E-state index contributed by atoms with van der Waals surface area (Å²) in [5.41, 5.74) is 8.35. The first-order chi connectivity index (χ1) is 15.7. The number of nitrogens with one attached hydrogen (secondary N) is 1. The predicted molar refractivity (Wildman–Crippen MR) is 127 cm³/mol. The van der Waals surface area contributed by atoms with E-state index in [0.29, 0.717) is 17.2 Å². The van der Waals surface area contributed by atoms with Crippen LogP contribution < -0.4 is 11.1 Å². The van der Waals surface area contributed by atoms with Gasteiger partial charge in [-0.3, -0.25) is 14.8 Å². The highest BCUT2D eigenvalue weighted by molar-refractivity contribution is 5.96. The number of carbonyl (C=O) groups excluding carboxylic acids is 1. The Hall–Kier alpha value is -4.04. The second kappa shape index (κ2) is 8.84. The topological polar surface area (TPSA) is 134 Å². The van der Waals surface area contributed by atoms with E-state index < -0.39 is 11.5 Å². The zero-order valence-electron chi connectivity index (χ0n) is 18.4. The maximum Gasteiger partial charge on any atom is 0.255 e. The van der Waals surface area contributed by atoms with Gasteiger partial charge in [0.1, 0.15) is 11.6 Å². The first-order valence-corrected chi connectivity index (χ1v) is 10.5. The summed E-state index contributed by atoms with van der Waals surface area (Å²) in [6, 6.07) is 12.0. The fourth-order valence-electron chi connectivity index (χ4n) is 3.67. The number of hydrogen-bond donors (Lipinski definition) is 4. The smallest absolute Gasteiger partial charge is 0.255 e. The van der Waals surface area contributed by atoms with Crippen molar-refractivity contribution in [2.75, 3.05) is 12.3 Å². The fourth-order valence-corrected chi connectivity index (χ4v) is 3.67. The Bertz CT molecular complexity index is 1340. The molecule has 0 aliphatic carbocycles. The molecule has 0 aliphatic heterocycles. The number of phenols is 1. The number of nitrogen functional groups attached to an aromatic ring is 1. The number of fused-ring (bicyclic) bond motifs is 1. The van der Waals surface area contributed by atoms with E-state index in [2.05, 4.69) is 20.3 Å². The molecule has 4 rings (SSSR count). The Kier molecular flexibility index (Phi) is 5.93. The molecule has 0 bridgehead atoms. The summed E-state index contributed by atoms with van der Waals surface area (Å²) in [7, 11) is 0. The minimum Gasteiger partial charge on any atom is -0.507 e. The summed E-state index contributed by atoms with van der Waals surface area (Å²) in [6.45, 7) is 3.59. The van der Waals surface area contributed by atoms with Crippen molar-refractivity contribution < 1.29 is 15.0 Å². The maximum atomic E-state index is 12.4. The third kappa shape index (κ3) is 4.91. The van der Waals surface area contributed by atoms with E-state index in [1.807, 2.05) is 25.1 Å². The molecule has 3 aromatic heterocycles. The van der Waals surface area contributed by atoms with Crippen molar-refractivity contribution in [3.05, 3.63) is 77.9 Å². The minimum absolute atomic E-state index is 0.0154. The third-order valence-electron chi connectivity index (χ3n) is 5.46. The molecule has 8 heteroatoms. The van der Waals surface area contributed by atoms with Crippen molar-refractivity contribution in [3.63, 3.8) is 0 Å². The Morgan fingerprint density at radius 1 is 1.18 bits per heavy atom. The predicted octanol–water partition coefficient (Wildman–Crippen LogP) is 3.01. The number of benzene rings is 1. The molecule has 33 heavy (non-hydrogen) atoms. The maximum absolute atomic E-state index is 12.4. The molecular formula is C25H25N5O3. The number of pyridine rings is 3. The van der Waals surface area contributed by atoms with Gasteiger partial charge in [0, 0.05) is 48.2 Å². The summed E-state index contributed by atoms with van der Waals surface area (Å²) in [5.74, 6) is -0.210. The Morgan fingerprint density at radius 2 is 1.97 bits per heavy atom. The summed E-state index contributed by atoms with van der Waals surface area (Å²) >= 11 is 0. The zero-order chi connectivity index (χ0) is 23.6. The van der Waals surface area contributed by atoms with E-state index in [4.69, 9.17) is 5.73 Å². The zero-order valence-corrected chi connectivity index (χ0v) is 18.4. The lowest BCUT2D eigenvalue weighted by Crippen LogP contribution is -2.42. The molecule has 1 amide bonds. The Labute approximate surface area is 191 Å². The van der Waals surface area contributed by atoms with E-state index in [-0.39, 0.29) is 24.3 Å². The van der Waals surface area contributed by atoms with Gasteiger partial charge < -0.3 is 21.3 Å². The van der Waals surface area contributed by atoms with Gasteiger partial charge in [0.2, 0.25) is 0 Å². The van der Waals surface area contributed by atoms with E-state index >= 15 is 0 Å². The molecule has 1 aromatic carbocycles. The molecule has 0 radical (unpaired) electrons. The number of aromatic nitrogens is 3. The first-order valence-electron chi connectivity index (χ1n) is 10.5. The standard InChI is InChI=1S/C25H25N5O3/c1-15-7-8-27-12-19(15)21-10-16-9-17(28-13-20(16)23(26)30-21)11-25(2,33)14-29-24(32)18-5-3-4-6-22(18)31/h3-10,12-13,31,33H,11,14H2,1-2H3,(H2,26,30)(H,29,32). The second-order valence-corrected chi connectivity index (χ2v) is 8.35. The van der Waals surface area contributed by atoms with Crippen molar-refractivity contribution in [3.8, 4) is 17.0 Å². The molecule has 8 nitrogen and oxygen atoms in total. The Balaban J connectivity index is 1.54. The highest BCUT2D eigenvalue weighted by atomic mass is 16.3. The van der Waals surface area contributed by atoms with Crippen molar-refractivity contribution in [2.45, 2.75) is 25.9 Å². The molecular weight excluding hydrogens is 418 g/mol. The molecule has 1 unspecified atom stereocenters. The number of aliphatic hydroxyl groups is 1. The van der Waals surface area contributed by atoms with Crippen LogP contribution in [0, 0.1) is 6.92 Å². The van der Waals surface area contributed by atoms with Gasteiger partial charge >= 0.3 is 0 Å². The van der Waals surface area contributed by atoms with Crippen LogP contribution in [-0.2, 0) is 6.42 Å². The number of aromatic hydroxyl groups is 1. The minimum atomic E-state index is -1.26. The van der Waals surface area contributed by atoms with Crippen LogP contribution in [0.3, 0.4) is 0 Å². The number of rotatable bonds is 6. The van der Waals surface area contributed by atoms with Crippen LogP contribution in [0.4, 0.5) is 5.82 Å². The molecule has 5 N–H and O–H groups in total. The van der Waals surface area contributed by atoms with Crippen LogP contribution in [0.5, 0.6) is 5.75 Å². The summed E-state index contributed by atoms with van der Waals surface area (Å²) in [4.78, 5) is 25.5. The molecule has 0 fully saturated rings. The molecule has 1 atom stereocenters. The van der Waals surface area contributed by atoms with Gasteiger partial charge in [0.25, 0.3) is 5.91 Å². The second-order valence-electron chi connectivity index (χ2n) is 8.35. The van der Waals surface area contributed by atoms with Gasteiger partial charge in [-0.05, 0) is 55.1 Å². The van der Waals surface area contributed by atoms with E-state index in [9.17, 15) is 15.0 Å². The summed E-state index contributed by atoms with van der Waals surface area (Å²) < 4.78 is 0. The summed E-state index contributed by atoms with van der Waals surface area (Å²) in [5, 5.41) is 24.9. The van der Waals surface area contributed by atoms with E-state index in [1.54, 1.807) is 37.6 Å². The third-order valence-corrected chi connectivity index (χ3v) is 5.46. The Morgan fingerprint density at radius 3 is 2.73 bits per heavy atom. The number of anilines is 1.